The molecule has 170 valence electrons. The molecule has 0 radical (unpaired) electrons. The Kier molecular flexibility index (Phi) is 6.33. The number of carbonyl (C=O) groups excluding carboxylic acids is 1. The van der Waals surface area contributed by atoms with Crippen LogP contribution in [0.5, 0.6) is 0 Å². The molecule has 0 aliphatic heterocycles. The molecule has 0 bridgehead atoms. The van der Waals surface area contributed by atoms with Crippen LogP contribution in [0.15, 0.2) is 57.8 Å². The number of aromatic nitrogens is 4. The number of rotatable bonds is 5. The number of hydrogen-bond donors (Lipinski definition) is 2. The zero-order valence-corrected chi connectivity index (χ0v) is 18.5. The van der Waals surface area contributed by atoms with E-state index in [1.165, 1.54) is 34.4 Å². The number of alkyl halides is 3. The van der Waals surface area contributed by atoms with Crippen LogP contribution in [0.4, 0.5) is 28.8 Å². The van der Waals surface area contributed by atoms with Gasteiger partial charge in [-0.3, -0.25) is 14.5 Å². The lowest BCUT2D eigenvalue weighted by atomic mass is 10.2. The van der Waals surface area contributed by atoms with Crippen molar-refractivity contribution >= 4 is 45.6 Å². The number of aryl methyl sites for hydroxylation is 1. The van der Waals surface area contributed by atoms with E-state index in [1.807, 2.05) is 13.0 Å². The third-order valence-electron chi connectivity index (χ3n) is 4.28. The number of benzene rings is 1. The Morgan fingerprint density at radius 1 is 1.15 bits per heavy atom. The van der Waals surface area contributed by atoms with E-state index in [-0.39, 0.29) is 16.4 Å². The normalized spacial score (nSPS) is 11.5. The average molecular weight is 493 g/mol. The predicted molar refractivity (Wildman–Crippen MR) is 120 cm³/mol. The van der Waals surface area contributed by atoms with Gasteiger partial charge in [0.15, 0.2) is 4.34 Å². The Morgan fingerprint density at radius 2 is 1.97 bits per heavy atom. The smallest absolute Gasteiger partial charge is 0.308 e. The molecule has 3 heterocycles. The Morgan fingerprint density at radius 3 is 2.76 bits per heavy atom. The van der Waals surface area contributed by atoms with Gasteiger partial charge in [-0.2, -0.15) is 13.2 Å². The molecule has 0 unspecified atom stereocenters. The fraction of sp³-hybridized carbons (Fsp3) is 0.150. The molecule has 0 fully saturated rings. The summed E-state index contributed by atoms with van der Waals surface area (Å²) >= 11 is 2.37. The maximum absolute atomic E-state index is 12.8. The molecule has 4 rings (SSSR count). The Hall–Kier alpha value is -3.45. The summed E-state index contributed by atoms with van der Waals surface area (Å²) in [5, 5.41) is 12.8. The highest BCUT2D eigenvalue weighted by atomic mass is 32.2. The molecule has 0 atom stereocenters. The number of nitrogens with one attached hydrogen (secondary N) is 2. The number of urea groups is 1. The summed E-state index contributed by atoms with van der Waals surface area (Å²) in [5.41, 5.74) is 0.984. The Labute approximate surface area is 192 Å². The standard InChI is InChI=1S/C20H15F3N6O2S2/c1-11-5-6-15-24-14(8-16(30)29(15)9-11)10-32-19-28-27-18(33-19)26-17(31)25-13-4-2-3-12(7-13)20(21,22)23/h2-9H,10H2,1H3,(H2,25,26,27,31). The fourth-order valence-electron chi connectivity index (χ4n) is 2.82. The SMILES string of the molecule is Cc1ccc2nc(CSc3nnc(NC(=O)Nc4cccc(C(F)(F)F)c4)s3)cc(=O)n2c1. The minimum absolute atomic E-state index is 0.00898. The number of hydrogen-bond acceptors (Lipinski definition) is 7. The van der Waals surface area contributed by atoms with Gasteiger partial charge >= 0.3 is 12.2 Å². The lowest BCUT2D eigenvalue weighted by Crippen LogP contribution is -2.19. The fourth-order valence-corrected chi connectivity index (χ4v) is 4.46. The van der Waals surface area contributed by atoms with Gasteiger partial charge in [-0.05, 0) is 36.8 Å². The summed E-state index contributed by atoms with van der Waals surface area (Å²) in [7, 11) is 0. The summed E-state index contributed by atoms with van der Waals surface area (Å²) in [6.45, 7) is 1.89. The number of fused-ring (bicyclic) bond motifs is 1. The van der Waals surface area contributed by atoms with Crippen molar-refractivity contribution in [3.63, 3.8) is 0 Å². The van der Waals surface area contributed by atoms with Crippen molar-refractivity contribution in [2.45, 2.75) is 23.2 Å². The molecule has 13 heteroatoms. The van der Waals surface area contributed by atoms with Crippen LogP contribution < -0.4 is 16.2 Å². The molecule has 0 spiro atoms. The van der Waals surface area contributed by atoms with Gasteiger partial charge in [0.1, 0.15) is 5.65 Å². The monoisotopic (exact) mass is 492 g/mol. The maximum Gasteiger partial charge on any atom is 0.416 e. The van der Waals surface area contributed by atoms with Crippen molar-refractivity contribution in [3.8, 4) is 0 Å². The van der Waals surface area contributed by atoms with E-state index in [4.69, 9.17) is 0 Å². The van der Waals surface area contributed by atoms with Gasteiger partial charge in [-0.1, -0.05) is 35.2 Å². The van der Waals surface area contributed by atoms with Crippen LogP contribution in [-0.4, -0.2) is 25.6 Å². The highest BCUT2D eigenvalue weighted by molar-refractivity contribution is 8.00. The molecule has 4 aromatic rings. The van der Waals surface area contributed by atoms with Crippen LogP contribution >= 0.6 is 23.1 Å². The number of amides is 2. The molecule has 1 aromatic carbocycles. The second-order valence-electron chi connectivity index (χ2n) is 6.84. The lowest BCUT2D eigenvalue weighted by Gasteiger charge is -2.09. The van der Waals surface area contributed by atoms with E-state index in [1.54, 1.807) is 12.3 Å². The van der Waals surface area contributed by atoms with E-state index < -0.39 is 17.8 Å². The third-order valence-corrected chi connectivity index (χ3v) is 6.28. The summed E-state index contributed by atoms with van der Waals surface area (Å²) in [4.78, 5) is 28.8. The molecule has 0 saturated carbocycles. The molecule has 8 nitrogen and oxygen atoms in total. The second kappa shape index (κ2) is 9.19. The van der Waals surface area contributed by atoms with E-state index >= 15 is 0 Å². The van der Waals surface area contributed by atoms with Crippen molar-refractivity contribution in [2.24, 2.45) is 0 Å². The lowest BCUT2D eigenvalue weighted by molar-refractivity contribution is -0.137. The average Bonchev–Trinajstić information content (AvgIpc) is 3.19. The van der Waals surface area contributed by atoms with Crippen molar-refractivity contribution < 1.29 is 18.0 Å². The maximum atomic E-state index is 12.8. The van der Waals surface area contributed by atoms with E-state index in [9.17, 15) is 22.8 Å². The molecular formula is C20H15F3N6O2S2. The van der Waals surface area contributed by atoms with Crippen molar-refractivity contribution in [1.29, 1.82) is 0 Å². The molecule has 0 aliphatic carbocycles. The quantitative estimate of drug-likeness (QED) is 0.306. The topological polar surface area (TPSA) is 101 Å². The van der Waals surface area contributed by atoms with Crippen LogP contribution in [0.25, 0.3) is 5.65 Å². The van der Waals surface area contributed by atoms with Crippen molar-refractivity contribution in [1.82, 2.24) is 19.6 Å². The first kappa shape index (κ1) is 22.7. The van der Waals surface area contributed by atoms with Gasteiger partial charge in [-0.15, -0.1) is 10.2 Å². The number of anilines is 2. The minimum Gasteiger partial charge on any atom is -0.308 e. The first-order valence-corrected chi connectivity index (χ1v) is 11.2. The molecule has 2 N–H and O–H groups in total. The first-order chi connectivity index (χ1) is 15.7. The predicted octanol–water partition coefficient (Wildman–Crippen LogP) is 4.81. The van der Waals surface area contributed by atoms with Gasteiger partial charge < -0.3 is 5.32 Å². The third kappa shape index (κ3) is 5.68. The van der Waals surface area contributed by atoms with E-state index in [0.29, 0.717) is 21.4 Å². The molecular weight excluding hydrogens is 477 g/mol. The van der Waals surface area contributed by atoms with E-state index in [2.05, 4.69) is 25.8 Å². The number of carbonyl (C=O) groups is 1. The largest absolute Gasteiger partial charge is 0.416 e. The van der Waals surface area contributed by atoms with Crippen molar-refractivity contribution in [2.75, 3.05) is 10.6 Å². The van der Waals surface area contributed by atoms with Gasteiger partial charge in [0.25, 0.3) is 5.56 Å². The summed E-state index contributed by atoms with van der Waals surface area (Å²) in [6, 6.07) is 8.62. The number of halogens is 3. The van der Waals surface area contributed by atoms with Gasteiger partial charge in [-0.25, -0.2) is 9.78 Å². The number of thioether (sulfide) groups is 1. The Bertz CT molecular complexity index is 1390. The van der Waals surface area contributed by atoms with Crippen molar-refractivity contribution in [3.05, 3.63) is 75.8 Å². The summed E-state index contributed by atoms with van der Waals surface area (Å²) in [5.74, 6) is 0.366. The highest BCUT2D eigenvalue weighted by Crippen LogP contribution is 2.31. The van der Waals surface area contributed by atoms with E-state index in [0.717, 1.165) is 29.0 Å². The van der Waals surface area contributed by atoms with Crippen LogP contribution in [-0.2, 0) is 11.9 Å². The number of nitrogens with zero attached hydrogens (tertiary/aromatic N) is 4. The van der Waals surface area contributed by atoms with Crippen LogP contribution in [0.1, 0.15) is 16.8 Å². The molecule has 0 aliphatic rings. The van der Waals surface area contributed by atoms with Gasteiger partial charge in [0.2, 0.25) is 5.13 Å². The van der Waals surface area contributed by atoms with Crippen LogP contribution in [0.2, 0.25) is 0 Å². The first-order valence-electron chi connectivity index (χ1n) is 9.38. The molecule has 2 amide bonds. The molecule has 3 aromatic heterocycles. The van der Waals surface area contributed by atoms with Gasteiger partial charge in [0, 0.05) is 23.7 Å². The number of pyridine rings is 1. The summed E-state index contributed by atoms with van der Waals surface area (Å²) in [6.07, 6.45) is -2.79. The summed E-state index contributed by atoms with van der Waals surface area (Å²) < 4.78 is 40.4. The zero-order valence-electron chi connectivity index (χ0n) is 16.9. The second-order valence-corrected chi connectivity index (χ2v) is 9.04. The molecule has 33 heavy (non-hydrogen) atoms. The molecule has 0 saturated heterocycles. The minimum atomic E-state index is -4.51. The Balaban J connectivity index is 1.37. The highest BCUT2D eigenvalue weighted by Gasteiger charge is 2.30. The van der Waals surface area contributed by atoms with Crippen LogP contribution in [0, 0.1) is 6.92 Å². The zero-order chi connectivity index (χ0) is 23.6. The van der Waals surface area contributed by atoms with Gasteiger partial charge in [0.05, 0.1) is 11.3 Å². The van der Waals surface area contributed by atoms with Crippen LogP contribution in [0.3, 0.4) is 0 Å².